The van der Waals surface area contributed by atoms with Crippen molar-refractivity contribution in [3.8, 4) is 11.8 Å². The zero-order valence-corrected chi connectivity index (χ0v) is 7.91. The molecule has 0 saturated heterocycles. The fourth-order valence-electron chi connectivity index (χ4n) is 0.998. The fraction of sp³-hybridized carbons (Fsp3) is 0.400. The summed E-state index contributed by atoms with van der Waals surface area (Å²) < 4.78 is 0. The highest BCUT2D eigenvalue weighted by molar-refractivity contribution is 5.10. The maximum atomic E-state index is 5.86. The van der Waals surface area contributed by atoms with Gasteiger partial charge in [-0.05, 0) is 19.9 Å². The van der Waals surface area contributed by atoms with E-state index in [-0.39, 0.29) is 6.04 Å². The summed E-state index contributed by atoms with van der Waals surface area (Å²) in [5.41, 5.74) is 6.71. The van der Waals surface area contributed by atoms with Crippen molar-refractivity contribution in [1.82, 2.24) is 9.97 Å². The van der Waals surface area contributed by atoms with Crippen LogP contribution in [0.2, 0.25) is 0 Å². The molecule has 0 fully saturated rings. The summed E-state index contributed by atoms with van der Waals surface area (Å²) in [6.07, 6.45) is 2.36. The third-order valence-corrected chi connectivity index (χ3v) is 1.68. The van der Waals surface area contributed by atoms with E-state index >= 15 is 0 Å². The van der Waals surface area contributed by atoms with Gasteiger partial charge in [-0.25, -0.2) is 9.97 Å². The molecular weight excluding hydrogens is 162 g/mol. The lowest BCUT2D eigenvalue weighted by molar-refractivity contribution is 0.714. The number of rotatable bonds is 2. The van der Waals surface area contributed by atoms with Gasteiger partial charge in [-0.3, -0.25) is 0 Å². The molecule has 0 amide bonds. The highest BCUT2D eigenvalue weighted by Crippen LogP contribution is 2.09. The fourth-order valence-corrected chi connectivity index (χ4v) is 0.998. The lowest BCUT2D eigenvalue weighted by Crippen LogP contribution is -2.12. The smallest absolute Gasteiger partial charge is 0.125 e. The molecule has 0 aliphatic heterocycles. The minimum Gasteiger partial charge on any atom is -0.322 e. The van der Waals surface area contributed by atoms with Crippen LogP contribution in [0.1, 0.15) is 30.9 Å². The van der Waals surface area contributed by atoms with E-state index in [4.69, 9.17) is 5.73 Å². The lowest BCUT2D eigenvalue weighted by Gasteiger charge is -2.06. The minimum atomic E-state index is -0.103. The normalized spacial score (nSPS) is 11.6. The Bertz CT molecular complexity index is 336. The minimum absolute atomic E-state index is 0.103. The lowest BCUT2D eigenvalue weighted by atomic mass is 10.1. The maximum absolute atomic E-state index is 5.86. The van der Waals surface area contributed by atoms with Crippen molar-refractivity contribution in [1.29, 1.82) is 0 Å². The summed E-state index contributed by atoms with van der Waals surface area (Å²) in [7, 11) is 0. The molecule has 1 atom stereocenters. The van der Waals surface area contributed by atoms with Crippen molar-refractivity contribution in [3.05, 3.63) is 23.8 Å². The van der Waals surface area contributed by atoms with Crippen molar-refractivity contribution < 1.29 is 0 Å². The van der Waals surface area contributed by atoms with Gasteiger partial charge in [0.2, 0.25) is 0 Å². The molecule has 0 aromatic carbocycles. The first kappa shape index (κ1) is 9.69. The molecule has 1 aromatic rings. The zero-order valence-electron chi connectivity index (χ0n) is 7.91. The van der Waals surface area contributed by atoms with Crippen LogP contribution >= 0.6 is 0 Å². The van der Waals surface area contributed by atoms with Gasteiger partial charge in [0.1, 0.15) is 5.82 Å². The van der Waals surface area contributed by atoms with Crippen LogP contribution in [0.25, 0.3) is 0 Å². The second kappa shape index (κ2) is 4.58. The van der Waals surface area contributed by atoms with Gasteiger partial charge in [-0.1, -0.05) is 0 Å². The van der Waals surface area contributed by atoms with Gasteiger partial charge < -0.3 is 5.73 Å². The number of aryl methyl sites for hydroxylation is 1. The quantitative estimate of drug-likeness (QED) is 0.687. The maximum Gasteiger partial charge on any atom is 0.125 e. The molecule has 0 aliphatic rings. The zero-order chi connectivity index (χ0) is 9.68. The Hall–Kier alpha value is -1.40. The van der Waals surface area contributed by atoms with Crippen LogP contribution in [0.15, 0.2) is 12.3 Å². The number of hydrogen-bond donors (Lipinski definition) is 1. The average Bonchev–Trinajstić information content (AvgIpc) is 2.14. The van der Waals surface area contributed by atoms with E-state index in [0.717, 1.165) is 11.5 Å². The molecule has 68 valence electrons. The van der Waals surface area contributed by atoms with Crippen LogP contribution in [0, 0.1) is 18.8 Å². The highest BCUT2D eigenvalue weighted by Gasteiger charge is 2.05. The van der Waals surface area contributed by atoms with Gasteiger partial charge in [-0.15, -0.1) is 11.8 Å². The molecule has 0 bridgehead atoms. The Morgan fingerprint density at radius 2 is 2.38 bits per heavy atom. The van der Waals surface area contributed by atoms with E-state index in [9.17, 15) is 0 Å². The van der Waals surface area contributed by atoms with Gasteiger partial charge >= 0.3 is 0 Å². The van der Waals surface area contributed by atoms with Gasteiger partial charge in [0.15, 0.2) is 0 Å². The Morgan fingerprint density at radius 1 is 1.62 bits per heavy atom. The van der Waals surface area contributed by atoms with Gasteiger partial charge in [0.05, 0.1) is 11.7 Å². The molecular formula is C10H13N3. The predicted octanol–water partition coefficient (Wildman–Crippen LogP) is 1.20. The first-order valence-corrected chi connectivity index (χ1v) is 4.18. The van der Waals surface area contributed by atoms with E-state index in [1.165, 1.54) is 0 Å². The van der Waals surface area contributed by atoms with E-state index in [1.807, 2.05) is 13.0 Å². The second-order valence-corrected chi connectivity index (χ2v) is 2.77. The molecule has 0 radical (unpaired) electrons. The molecule has 13 heavy (non-hydrogen) atoms. The summed E-state index contributed by atoms with van der Waals surface area (Å²) in [5, 5.41) is 0. The third kappa shape index (κ3) is 2.85. The second-order valence-electron chi connectivity index (χ2n) is 2.77. The topological polar surface area (TPSA) is 51.8 Å². The number of nitrogens with zero attached hydrogens (tertiary/aromatic N) is 2. The first-order chi connectivity index (χ1) is 6.24. The monoisotopic (exact) mass is 175 g/mol. The molecule has 0 aliphatic carbocycles. The van der Waals surface area contributed by atoms with E-state index in [0.29, 0.717) is 6.42 Å². The largest absolute Gasteiger partial charge is 0.322 e. The van der Waals surface area contributed by atoms with Crippen LogP contribution in [-0.2, 0) is 0 Å². The summed E-state index contributed by atoms with van der Waals surface area (Å²) in [4.78, 5) is 8.22. The Labute approximate surface area is 78.4 Å². The van der Waals surface area contributed by atoms with Crippen LogP contribution in [0.5, 0.6) is 0 Å². The molecule has 0 saturated carbocycles. The van der Waals surface area contributed by atoms with Crippen LogP contribution < -0.4 is 5.73 Å². The van der Waals surface area contributed by atoms with E-state index in [2.05, 4.69) is 21.8 Å². The Balaban J connectivity index is 2.74. The van der Waals surface area contributed by atoms with E-state index < -0.39 is 0 Å². The van der Waals surface area contributed by atoms with Crippen molar-refractivity contribution in [3.63, 3.8) is 0 Å². The SMILES string of the molecule is CC#CCC(N)c1ccnc(C)n1. The van der Waals surface area contributed by atoms with Crippen LogP contribution in [0.4, 0.5) is 0 Å². The number of nitrogens with two attached hydrogens (primary N) is 1. The molecule has 3 nitrogen and oxygen atoms in total. The highest BCUT2D eigenvalue weighted by atomic mass is 14.9. The molecule has 1 aromatic heterocycles. The predicted molar refractivity (Wildman–Crippen MR) is 51.8 cm³/mol. The number of hydrogen-bond acceptors (Lipinski definition) is 3. The summed E-state index contributed by atoms with van der Waals surface area (Å²) >= 11 is 0. The molecule has 1 heterocycles. The summed E-state index contributed by atoms with van der Waals surface area (Å²) in [6, 6.07) is 1.73. The summed E-state index contributed by atoms with van der Waals surface area (Å²) in [6.45, 7) is 3.65. The molecule has 0 spiro atoms. The molecule has 1 rings (SSSR count). The van der Waals surface area contributed by atoms with Crippen molar-refractivity contribution >= 4 is 0 Å². The Kier molecular flexibility index (Phi) is 3.41. The van der Waals surface area contributed by atoms with Crippen LogP contribution in [-0.4, -0.2) is 9.97 Å². The van der Waals surface area contributed by atoms with Crippen molar-refractivity contribution in [2.45, 2.75) is 26.3 Å². The Morgan fingerprint density at radius 3 is 3.00 bits per heavy atom. The summed E-state index contributed by atoms with van der Waals surface area (Å²) in [5.74, 6) is 6.49. The third-order valence-electron chi connectivity index (χ3n) is 1.68. The molecule has 2 N–H and O–H groups in total. The molecule has 3 heteroatoms. The first-order valence-electron chi connectivity index (χ1n) is 4.18. The van der Waals surface area contributed by atoms with Gasteiger partial charge in [0.25, 0.3) is 0 Å². The number of aromatic nitrogens is 2. The average molecular weight is 175 g/mol. The van der Waals surface area contributed by atoms with Gasteiger partial charge in [0, 0.05) is 12.6 Å². The van der Waals surface area contributed by atoms with Gasteiger partial charge in [-0.2, -0.15) is 0 Å². The van der Waals surface area contributed by atoms with Crippen LogP contribution in [0.3, 0.4) is 0 Å². The van der Waals surface area contributed by atoms with E-state index in [1.54, 1.807) is 13.1 Å². The standard InChI is InChI=1S/C10H13N3/c1-3-4-5-9(11)10-6-7-12-8(2)13-10/h6-7,9H,5,11H2,1-2H3. The molecule has 1 unspecified atom stereocenters. The van der Waals surface area contributed by atoms with Crippen molar-refractivity contribution in [2.24, 2.45) is 5.73 Å². The van der Waals surface area contributed by atoms with Crippen molar-refractivity contribution in [2.75, 3.05) is 0 Å².